The summed E-state index contributed by atoms with van der Waals surface area (Å²) in [7, 11) is 0. The van der Waals surface area contributed by atoms with Gasteiger partial charge in [0.25, 0.3) is 11.3 Å². The van der Waals surface area contributed by atoms with Crippen LogP contribution in [0, 0.1) is 17.0 Å². The molecule has 5 nitrogen and oxygen atoms in total. The molecule has 0 N–H and O–H groups in total. The van der Waals surface area contributed by atoms with Crippen LogP contribution in [0.4, 0.5) is 0 Å². The zero-order chi connectivity index (χ0) is 16.4. The van der Waals surface area contributed by atoms with Gasteiger partial charge in [0.15, 0.2) is 0 Å². The SMILES string of the molecule is Cc1c(C(=O)/C=C/c2ccccc2)[n+](=O)c2ccccc2n1[O-]. The van der Waals surface area contributed by atoms with Gasteiger partial charge in [0, 0.05) is 11.0 Å². The smallest absolute Gasteiger partial charge is 0.329 e. The number of carbonyl (C=O) groups is 1. The first-order valence-electron chi connectivity index (χ1n) is 7.11. The molecule has 5 heteroatoms. The topological polar surface area (TPSA) is 68.0 Å². The van der Waals surface area contributed by atoms with E-state index >= 15 is 0 Å². The molecular formula is C18H14N2O3. The minimum atomic E-state index is -0.503. The van der Waals surface area contributed by atoms with Crippen molar-refractivity contribution in [3.63, 3.8) is 0 Å². The van der Waals surface area contributed by atoms with Crippen LogP contribution < -0.4 is 4.43 Å². The molecular weight excluding hydrogens is 292 g/mol. The van der Waals surface area contributed by atoms with Crippen LogP contribution >= 0.6 is 0 Å². The van der Waals surface area contributed by atoms with Crippen molar-refractivity contribution in [2.45, 2.75) is 6.92 Å². The maximum Gasteiger partial charge on any atom is 0.329 e. The summed E-state index contributed by atoms with van der Waals surface area (Å²) < 4.78 is 1.14. The number of hydrogen-bond acceptors (Lipinski definition) is 3. The first-order valence-corrected chi connectivity index (χ1v) is 7.11. The lowest BCUT2D eigenvalue weighted by Gasteiger charge is -2.15. The van der Waals surface area contributed by atoms with Gasteiger partial charge in [-0.15, -0.1) is 0 Å². The molecule has 1 aromatic heterocycles. The molecule has 0 saturated heterocycles. The average Bonchev–Trinajstić information content (AvgIpc) is 2.59. The number of para-hydroxylation sites is 2. The second-order valence-electron chi connectivity index (χ2n) is 5.12. The number of aromatic nitrogens is 2. The third-order valence-electron chi connectivity index (χ3n) is 3.63. The quantitative estimate of drug-likeness (QED) is 0.424. The molecule has 3 aromatic rings. The van der Waals surface area contributed by atoms with Crippen molar-refractivity contribution in [3.8, 4) is 0 Å². The fraction of sp³-hybridized carbons (Fsp3) is 0.0556. The molecule has 2 aromatic carbocycles. The number of fused-ring (bicyclic) bond motifs is 1. The molecule has 0 spiro atoms. The van der Waals surface area contributed by atoms with E-state index in [-0.39, 0.29) is 22.4 Å². The van der Waals surface area contributed by atoms with E-state index in [0.717, 1.165) is 5.56 Å². The molecule has 23 heavy (non-hydrogen) atoms. The second kappa shape index (κ2) is 5.88. The summed E-state index contributed by atoms with van der Waals surface area (Å²) in [6.45, 7) is 1.47. The first-order chi connectivity index (χ1) is 11.1. The van der Waals surface area contributed by atoms with Gasteiger partial charge in [-0.05, 0) is 24.6 Å². The molecule has 0 unspecified atom stereocenters. The van der Waals surface area contributed by atoms with E-state index in [1.165, 1.54) is 19.1 Å². The Morgan fingerprint density at radius 1 is 1.09 bits per heavy atom. The Bertz CT molecular complexity index is 973. The number of hydrogen-bond donors (Lipinski definition) is 0. The molecule has 0 fully saturated rings. The highest BCUT2D eigenvalue weighted by Crippen LogP contribution is 2.14. The normalized spacial score (nSPS) is 11.2. The highest BCUT2D eigenvalue weighted by Gasteiger charge is 2.24. The fourth-order valence-corrected chi connectivity index (χ4v) is 2.45. The lowest BCUT2D eigenvalue weighted by molar-refractivity contribution is -0.468. The van der Waals surface area contributed by atoms with Crippen molar-refractivity contribution in [2.24, 2.45) is 0 Å². The summed E-state index contributed by atoms with van der Waals surface area (Å²) in [5, 5.41) is 12.3. The molecule has 0 aliphatic rings. The molecule has 114 valence electrons. The molecule has 0 saturated carbocycles. The Morgan fingerprint density at radius 3 is 2.48 bits per heavy atom. The van der Waals surface area contributed by atoms with Crippen molar-refractivity contribution < 1.29 is 9.22 Å². The molecule has 1 heterocycles. The second-order valence-corrected chi connectivity index (χ2v) is 5.12. The van der Waals surface area contributed by atoms with Gasteiger partial charge in [-0.1, -0.05) is 48.5 Å². The highest BCUT2D eigenvalue weighted by molar-refractivity contribution is 6.05. The van der Waals surface area contributed by atoms with Gasteiger partial charge in [0.1, 0.15) is 5.52 Å². The van der Waals surface area contributed by atoms with Crippen molar-refractivity contribution in [2.75, 3.05) is 0 Å². The van der Waals surface area contributed by atoms with Crippen LogP contribution in [0.25, 0.3) is 17.1 Å². The van der Waals surface area contributed by atoms with E-state index in [2.05, 4.69) is 0 Å². The third kappa shape index (κ3) is 2.64. The number of carbonyl (C=O) groups excluding carboxylic acids is 1. The Kier molecular flexibility index (Phi) is 3.76. The van der Waals surface area contributed by atoms with Crippen molar-refractivity contribution >= 4 is 22.9 Å². The van der Waals surface area contributed by atoms with Gasteiger partial charge >= 0.3 is 5.69 Å². The van der Waals surface area contributed by atoms with Crippen LogP contribution in [0.1, 0.15) is 21.7 Å². The van der Waals surface area contributed by atoms with E-state index in [1.807, 2.05) is 30.3 Å². The lowest BCUT2D eigenvalue weighted by Crippen LogP contribution is -2.29. The molecule has 3 rings (SSSR count). The Morgan fingerprint density at radius 2 is 1.74 bits per heavy atom. The zero-order valence-electron chi connectivity index (χ0n) is 12.5. The van der Waals surface area contributed by atoms with Crippen LogP contribution in [-0.2, 0) is 0 Å². The maximum atomic E-state index is 12.5. The Balaban J connectivity index is 2.11. The summed E-state index contributed by atoms with van der Waals surface area (Å²) in [6.07, 6.45) is 2.92. The monoisotopic (exact) mass is 306 g/mol. The number of benzene rings is 2. The van der Waals surface area contributed by atoms with Gasteiger partial charge in [-0.25, -0.2) is 0 Å². The van der Waals surface area contributed by atoms with Crippen LogP contribution in [0.5, 0.6) is 0 Å². The molecule has 0 radical (unpaired) electrons. The lowest BCUT2D eigenvalue weighted by atomic mass is 10.1. The van der Waals surface area contributed by atoms with E-state index in [0.29, 0.717) is 9.16 Å². The minimum Gasteiger partial charge on any atom is -0.805 e. The summed E-state index contributed by atoms with van der Waals surface area (Å²) in [5.74, 6) is -0.503. The van der Waals surface area contributed by atoms with Crippen LogP contribution in [-0.4, -0.2) is 10.5 Å². The summed E-state index contributed by atoms with van der Waals surface area (Å²) in [6, 6.07) is 15.7. The van der Waals surface area contributed by atoms with E-state index in [1.54, 1.807) is 24.3 Å². The fourth-order valence-electron chi connectivity index (χ4n) is 2.45. The highest BCUT2D eigenvalue weighted by atomic mass is 16.5. The van der Waals surface area contributed by atoms with Crippen molar-refractivity contribution in [3.05, 3.63) is 87.7 Å². The largest absolute Gasteiger partial charge is 0.805 e. The summed E-state index contributed by atoms with van der Waals surface area (Å²) >= 11 is 0. The van der Waals surface area contributed by atoms with Gasteiger partial charge < -0.3 is 9.94 Å². The molecule has 0 bridgehead atoms. The zero-order valence-corrected chi connectivity index (χ0v) is 12.5. The number of ketones is 1. The molecule has 0 aliphatic carbocycles. The Labute approximate surface area is 132 Å². The van der Waals surface area contributed by atoms with E-state index in [4.69, 9.17) is 0 Å². The summed E-state index contributed by atoms with van der Waals surface area (Å²) in [4.78, 5) is 24.9. The molecule has 0 atom stereocenters. The van der Waals surface area contributed by atoms with Gasteiger partial charge in [0.2, 0.25) is 0 Å². The van der Waals surface area contributed by atoms with Crippen LogP contribution in [0.2, 0.25) is 0 Å². The standard InChI is InChI=1S/C18H14N2O3/c1-13-18(17(21)12-11-14-7-3-2-4-8-14)20(23)16-10-6-5-9-15(16)19(13)22/h2-12H,1H3/b12-11+. The van der Waals surface area contributed by atoms with Gasteiger partial charge in [-0.2, -0.15) is 0 Å². The third-order valence-corrected chi connectivity index (χ3v) is 3.63. The predicted octanol–water partition coefficient (Wildman–Crippen LogP) is 3.11. The van der Waals surface area contributed by atoms with E-state index in [9.17, 15) is 14.9 Å². The first kappa shape index (κ1) is 14.7. The predicted molar refractivity (Wildman–Crippen MR) is 88.6 cm³/mol. The number of rotatable bonds is 3. The molecule has 0 amide bonds. The summed E-state index contributed by atoms with van der Waals surface area (Å²) in [5.41, 5.74) is 1.17. The van der Waals surface area contributed by atoms with Crippen LogP contribution in [0.15, 0.2) is 60.7 Å². The maximum absolute atomic E-state index is 12.5. The Hall–Kier alpha value is -3.21. The van der Waals surface area contributed by atoms with Crippen molar-refractivity contribution in [1.29, 1.82) is 0 Å². The number of nitrogens with zero attached hydrogens (tertiary/aromatic N) is 2. The van der Waals surface area contributed by atoms with Crippen LogP contribution in [0.3, 0.4) is 0 Å². The number of allylic oxidation sites excluding steroid dienone is 1. The van der Waals surface area contributed by atoms with E-state index < -0.39 is 5.78 Å². The van der Waals surface area contributed by atoms with Gasteiger partial charge in [-0.3, -0.25) is 4.79 Å². The minimum absolute atomic E-state index is 0.0846. The van der Waals surface area contributed by atoms with Crippen molar-refractivity contribution in [1.82, 2.24) is 4.73 Å². The molecule has 0 aliphatic heterocycles. The average molecular weight is 306 g/mol. The van der Waals surface area contributed by atoms with Gasteiger partial charge in [0.05, 0.1) is 10.1 Å².